The first-order chi connectivity index (χ1) is 9.29. The molecular weight excluding hydrogens is 321 g/mol. The van der Waals surface area contributed by atoms with E-state index in [1.807, 2.05) is 0 Å². The number of carbonyl (C=O) groups is 1. The molecule has 1 aliphatic carbocycles. The number of sulfonamides is 1. The number of carbonyl (C=O) groups excluding carboxylic acids is 1. The average molecular weight is 338 g/mol. The number of hydrogen-bond donors (Lipinski definition) is 3. The Hall–Kier alpha value is -1.22. The van der Waals surface area contributed by atoms with Gasteiger partial charge in [0.15, 0.2) is 0 Å². The average Bonchev–Trinajstić information content (AvgIpc) is 3.14. The second kappa shape index (κ2) is 6.69. The van der Waals surface area contributed by atoms with Crippen molar-refractivity contribution in [3.05, 3.63) is 24.0 Å². The summed E-state index contributed by atoms with van der Waals surface area (Å²) in [5.74, 6) is -1.34. The Morgan fingerprint density at radius 3 is 2.57 bits per heavy atom. The van der Waals surface area contributed by atoms with E-state index in [9.17, 15) is 17.6 Å². The Morgan fingerprint density at radius 1 is 1.43 bits per heavy atom. The van der Waals surface area contributed by atoms with Gasteiger partial charge < -0.3 is 11.1 Å². The molecular formula is C12H17ClFN3O3S. The van der Waals surface area contributed by atoms with Crippen molar-refractivity contribution in [2.24, 2.45) is 5.73 Å². The van der Waals surface area contributed by atoms with Crippen molar-refractivity contribution in [1.82, 2.24) is 4.72 Å². The fourth-order valence-electron chi connectivity index (χ4n) is 1.53. The second-order valence-corrected chi connectivity index (χ2v) is 6.50. The third-order valence-corrected chi connectivity index (χ3v) is 4.34. The van der Waals surface area contributed by atoms with Gasteiger partial charge in [-0.05, 0) is 38.0 Å². The summed E-state index contributed by atoms with van der Waals surface area (Å²) in [6, 6.07) is 2.50. The summed E-state index contributed by atoms with van der Waals surface area (Å²) in [6.45, 7) is 1.49. The lowest BCUT2D eigenvalue weighted by atomic mass is 10.3. The van der Waals surface area contributed by atoms with Gasteiger partial charge >= 0.3 is 0 Å². The molecule has 1 aromatic rings. The molecule has 0 saturated heterocycles. The number of nitrogens with two attached hydrogens (primary N) is 1. The Morgan fingerprint density at radius 2 is 2.05 bits per heavy atom. The van der Waals surface area contributed by atoms with Crippen molar-refractivity contribution in [2.45, 2.75) is 36.7 Å². The van der Waals surface area contributed by atoms with Crippen LogP contribution in [0.3, 0.4) is 0 Å². The summed E-state index contributed by atoms with van der Waals surface area (Å²) >= 11 is 0. The maximum Gasteiger partial charge on any atom is 0.243 e. The van der Waals surface area contributed by atoms with Gasteiger partial charge in [-0.3, -0.25) is 4.79 Å². The molecule has 0 radical (unpaired) electrons. The van der Waals surface area contributed by atoms with Crippen LogP contribution in [0.1, 0.15) is 19.8 Å². The molecule has 0 spiro atoms. The van der Waals surface area contributed by atoms with Crippen LogP contribution < -0.4 is 15.8 Å². The standard InChI is InChI=1S/C12H16FN3O3S.ClH/c1-7(14)12(17)15-9-4-5-10(13)11(6-9)20(18,19)16-8-2-3-8;/h4-8,16H,2-3,14H2,1H3,(H,15,17);1H/t7-;/m0./s1. The summed E-state index contributed by atoms with van der Waals surface area (Å²) in [4.78, 5) is 11.0. The quantitative estimate of drug-likeness (QED) is 0.745. The van der Waals surface area contributed by atoms with Crippen LogP contribution in [0.4, 0.5) is 10.1 Å². The molecule has 21 heavy (non-hydrogen) atoms. The van der Waals surface area contributed by atoms with Crippen molar-refractivity contribution in [3.8, 4) is 0 Å². The zero-order chi connectivity index (χ0) is 14.9. The predicted molar refractivity (Wildman–Crippen MR) is 79.3 cm³/mol. The van der Waals surface area contributed by atoms with Crippen LogP contribution in [0.15, 0.2) is 23.1 Å². The van der Waals surface area contributed by atoms with Crippen molar-refractivity contribution >= 4 is 34.0 Å². The molecule has 118 valence electrons. The lowest BCUT2D eigenvalue weighted by molar-refractivity contribution is -0.117. The molecule has 4 N–H and O–H groups in total. The molecule has 0 bridgehead atoms. The molecule has 1 aliphatic rings. The zero-order valence-corrected chi connectivity index (χ0v) is 12.9. The van der Waals surface area contributed by atoms with Crippen LogP contribution in [0.2, 0.25) is 0 Å². The van der Waals surface area contributed by atoms with E-state index in [-0.39, 0.29) is 24.1 Å². The van der Waals surface area contributed by atoms with Crippen LogP contribution in [-0.2, 0) is 14.8 Å². The Kier molecular flexibility index (Phi) is 5.68. The molecule has 0 aromatic heterocycles. The van der Waals surface area contributed by atoms with Gasteiger partial charge in [0.25, 0.3) is 0 Å². The first-order valence-electron chi connectivity index (χ1n) is 6.18. The fraction of sp³-hybridized carbons (Fsp3) is 0.417. The molecule has 1 amide bonds. The largest absolute Gasteiger partial charge is 0.325 e. The lowest BCUT2D eigenvalue weighted by Gasteiger charge is -2.11. The molecule has 0 heterocycles. The van der Waals surface area contributed by atoms with Crippen molar-refractivity contribution in [1.29, 1.82) is 0 Å². The van der Waals surface area contributed by atoms with Gasteiger partial charge in [-0.15, -0.1) is 12.4 Å². The number of hydrogen-bond acceptors (Lipinski definition) is 4. The van der Waals surface area contributed by atoms with Gasteiger partial charge in [0.1, 0.15) is 10.7 Å². The molecule has 1 aromatic carbocycles. The zero-order valence-electron chi connectivity index (χ0n) is 11.3. The molecule has 0 unspecified atom stereocenters. The van der Waals surface area contributed by atoms with Crippen LogP contribution in [0.25, 0.3) is 0 Å². The third-order valence-electron chi connectivity index (χ3n) is 2.80. The minimum atomic E-state index is -3.91. The van der Waals surface area contributed by atoms with E-state index in [4.69, 9.17) is 5.73 Å². The molecule has 0 aliphatic heterocycles. The highest BCUT2D eigenvalue weighted by molar-refractivity contribution is 7.89. The number of nitrogens with one attached hydrogen (secondary N) is 2. The smallest absolute Gasteiger partial charge is 0.243 e. The molecule has 1 fully saturated rings. The predicted octanol–water partition coefficient (Wildman–Crippen LogP) is 0.974. The summed E-state index contributed by atoms with van der Waals surface area (Å²) in [5, 5.41) is 2.43. The van der Waals surface area contributed by atoms with Crippen LogP contribution in [-0.4, -0.2) is 26.4 Å². The van der Waals surface area contributed by atoms with Crippen molar-refractivity contribution < 1.29 is 17.6 Å². The third kappa shape index (κ3) is 4.63. The lowest BCUT2D eigenvalue weighted by Crippen LogP contribution is -2.32. The van der Waals surface area contributed by atoms with E-state index in [0.717, 1.165) is 25.0 Å². The summed E-state index contributed by atoms with van der Waals surface area (Å²) in [6.07, 6.45) is 1.50. The van der Waals surface area contributed by atoms with Crippen molar-refractivity contribution in [3.63, 3.8) is 0 Å². The molecule has 1 saturated carbocycles. The number of amides is 1. The van der Waals surface area contributed by atoms with E-state index in [0.29, 0.717) is 0 Å². The Bertz CT molecular complexity index is 633. The van der Waals surface area contributed by atoms with Gasteiger partial charge in [-0.25, -0.2) is 17.5 Å². The van der Waals surface area contributed by atoms with E-state index >= 15 is 0 Å². The maximum atomic E-state index is 13.7. The number of anilines is 1. The molecule has 2 rings (SSSR count). The number of halogens is 2. The summed E-state index contributed by atoms with van der Waals surface area (Å²) < 4.78 is 40.0. The Labute approximate surface area is 128 Å². The first kappa shape index (κ1) is 17.8. The van der Waals surface area contributed by atoms with Gasteiger partial charge in [0.05, 0.1) is 6.04 Å². The SMILES string of the molecule is C[C@H](N)C(=O)Nc1ccc(F)c(S(=O)(=O)NC2CC2)c1.Cl. The maximum absolute atomic E-state index is 13.7. The topological polar surface area (TPSA) is 101 Å². The molecule has 9 heteroatoms. The van der Waals surface area contributed by atoms with E-state index in [1.54, 1.807) is 0 Å². The van der Waals surface area contributed by atoms with E-state index < -0.39 is 32.7 Å². The molecule has 1 atom stereocenters. The van der Waals surface area contributed by atoms with E-state index in [2.05, 4.69) is 10.0 Å². The normalized spacial score (nSPS) is 16.0. The van der Waals surface area contributed by atoms with E-state index in [1.165, 1.54) is 13.0 Å². The van der Waals surface area contributed by atoms with Gasteiger partial charge in [0.2, 0.25) is 15.9 Å². The van der Waals surface area contributed by atoms with Crippen LogP contribution >= 0.6 is 12.4 Å². The van der Waals surface area contributed by atoms with Crippen molar-refractivity contribution in [2.75, 3.05) is 5.32 Å². The molecule has 6 nitrogen and oxygen atoms in total. The van der Waals surface area contributed by atoms with Gasteiger partial charge in [-0.1, -0.05) is 0 Å². The highest BCUT2D eigenvalue weighted by Gasteiger charge is 2.29. The monoisotopic (exact) mass is 337 g/mol. The van der Waals surface area contributed by atoms with Gasteiger partial charge in [0, 0.05) is 11.7 Å². The summed E-state index contributed by atoms with van der Waals surface area (Å²) in [5.41, 5.74) is 5.58. The number of rotatable bonds is 5. The van der Waals surface area contributed by atoms with Crippen LogP contribution in [0.5, 0.6) is 0 Å². The van der Waals surface area contributed by atoms with Gasteiger partial charge in [-0.2, -0.15) is 0 Å². The first-order valence-corrected chi connectivity index (χ1v) is 7.66. The second-order valence-electron chi connectivity index (χ2n) is 4.82. The fourth-order valence-corrected chi connectivity index (χ4v) is 2.94. The van der Waals surface area contributed by atoms with Crippen LogP contribution in [0, 0.1) is 5.82 Å². The highest BCUT2D eigenvalue weighted by Crippen LogP contribution is 2.25. The summed E-state index contributed by atoms with van der Waals surface area (Å²) in [7, 11) is -3.91. The number of benzene rings is 1. The minimum Gasteiger partial charge on any atom is -0.325 e. The Balaban J connectivity index is 0.00000220. The highest BCUT2D eigenvalue weighted by atomic mass is 35.5. The minimum absolute atomic E-state index is 0.